The summed E-state index contributed by atoms with van der Waals surface area (Å²) in [5.41, 5.74) is 1.09. The van der Waals surface area contributed by atoms with Crippen molar-refractivity contribution >= 4 is 43.5 Å². The molecule has 0 saturated heterocycles. The van der Waals surface area contributed by atoms with Crippen LogP contribution in [0.5, 0.6) is 0 Å². The lowest BCUT2D eigenvalue weighted by molar-refractivity contribution is 0.464. The number of rotatable bonds is 3. The summed E-state index contributed by atoms with van der Waals surface area (Å²) in [7, 11) is 1.88. The highest BCUT2D eigenvalue weighted by molar-refractivity contribution is 9.11. The minimum absolute atomic E-state index is 0.0330. The van der Waals surface area contributed by atoms with Gasteiger partial charge in [0.1, 0.15) is 5.76 Å². The number of halogens is 3. The van der Waals surface area contributed by atoms with Gasteiger partial charge in [0.05, 0.1) is 6.04 Å². The van der Waals surface area contributed by atoms with Crippen LogP contribution in [-0.2, 0) is 0 Å². The van der Waals surface area contributed by atoms with Crippen molar-refractivity contribution in [3.05, 3.63) is 55.8 Å². The fourth-order valence-corrected chi connectivity index (χ4v) is 2.68. The van der Waals surface area contributed by atoms with Gasteiger partial charge in [-0.25, -0.2) is 0 Å². The zero-order chi connectivity index (χ0) is 12.4. The topological polar surface area (TPSA) is 25.2 Å². The van der Waals surface area contributed by atoms with Gasteiger partial charge in [0.2, 0.25) is 0 Å². The van der Waals surface area contributed by atoms with Crippen molar-refractivity contribution in [3.8, 4) is 0 Å². The van der Waals surface area contributed by atoms with Crippen molar-refractivity contribution < 1.29 is 4.42 Å². The van der Waals surface area contributed by atoms with Gasteiger partial charge in [0.15, 0.2) is 5.22 Å². The summed E-state index contributed by atoms with van der Waals surface area (Å²) >= 11 is 12.8. The van der Waals surface area contributed by atoms with E-state index in [1.165, 1.54) is 0 Å². The highest BCUT2D eigenvalue weighted by atomic mass is 79.9. The summed E-state index contributed by atoms with van der Waals surface area (Å²) in [5.74, 6) is 0.788. The maximum absolute atomic E-state index is 5.80. The molecule has 1 aromatic heterocycles. The molecule has 2 nitrogen and oxygen atoms in total. The fourth-order valence-electron chi connectivity index (χ4n) is 1.67. The van der Waals surface area contributed by atoms with Gasteiger partial charge >= 0.3 is 0 Å². The Labute approximate surface area is 122 Å². The Morgan fingerprint density at radius 1 is 1.24 bits per heavy atom. The largest absolute Gasteiger partial charge is 0.448 e. The third kappa shape index (κ3) is 2.94. The summed E-state index contributed by atoms with van der Waals surface area (Å²) in [5, 5.41) is 3.61. The van der Waals surface area contributed by atoms with Crippen LogP contribution in [0.3, 0.4) is 0 Å². The molecule has 2 rings (SSSR count). The molecule has 1 unspecified atom stereocenters. The number of hydrogen-bond acceptors (Lipinski definition) is 2. The molecule has 1 aromatic carbocycles. The van der Waals surface area contributed by atoms with E-state index in [0.29, 0.717) is 5.22 Å². The molecule has 17 heavy (non-hydrogen) atoms. The molecule has 0 spiro atoms. The Hall–Kier alpha value is -0.290. The normalized spacial score (nSPS) is 12.7. The van der Waals surface area contributed by atoms with Gasteiger partial charge in [-0.05, 0) is 54.5 Å². The van der Waals surface area contributed by atoms with E-state index in [4.69, 9.17) is 16.0 Å². The molecule has 1 N–H and O–H groups in total. The van der Waals surface area contributed by atoms with Crippen LogP contribution in [0.4, 0.5) is 0 Å². The second kappa shape index (κ2) is 5.57. The molecule has 1 atom stereocenters. The van der Waals surface area contributed by atoms with E-state index in [1.54, 1.807) is 6.07 Å². The molecular weight excluding hydrogens is 369 g/mol. The van der Waals surface area contributed by atoms with E-state index < -0.39 is 0 Å². The van der Waals surface area contributed by atoms with Crippen LogP contribution in [0.2, 0.25) is 5.22 Å². The number of hydrogen-bond donors (Lipinski definition) is 1. The maximum Gasteiger partial charge on any atom is 0.193 e. The molecule has 0 aliphatic heterocycles. The minimum atomic E-state index is -0.0330. The van der Waals surface area contributed by atoms with Crippen molar-refractivity contribution in [2.45, 2.75) is 6.04 Å². The molecule has 0 bridgehead atoms. The lowest BCUT2D eigenvalue weighted by atomic mass is 10.1. The van der Waals surface area contributed by atoms with Crippen molar-refractivity contribution in [1.82, 2.24) is 5.32 Å². The Kier molecular flexibility index (Phi) is 4.31. The summed E-state index contributed by atoms with van der Waals surface area (Å²) in [6.07, 6.45) is 0. The van der Waals surface area contributed by atoms with Crippen LogP contribution in [0.15, 0.2) is 43.7 Å². The third-order valence-corrected chi connectivity index (χ3v) is 3.85. The Balaban J connectivity index is 2.45. The SMILES string of the molecule is CNC(c1ccc(Cl)o1)c1cc(Br)ccc1Br. The van der Waals surface area contributed by atoms with Crippen molar-refractivity contribution in [1.29, 1.82) is 0 Å². The van der Waals surface area contributed by atoms with Gasteiger partial charge in [-0.2, -0.15) is 0 Å². The molecule has 0 radical (unpaired) electrons. The van der Waals surface area contributed by atoms with Gasteiger partial charge in [-0.15, -0.1) is 0 Å². The first-order valence-corrected chi connectivity index (χ1v) is 6.95. The molecule has 90 valence electrons. The van der Waals surface area contributed by atoms with Gasteiger partial charge in [0.25, 0.3) is 0 Å². The first kappa shape index (κ1) is 13.1. The second-order valence-electron chi connectivity index (χ2n) is 3.53. The van der Waals surface area contributed by atoms with Crippen LogP contribution < -0.4 is 5.32 Å². The maximum atomic E-state index is 5.80. The third-order valence-electron chi connectivity index (χ3n) is 2.44. The van der Waals surface area contributed by atoms with Crippen LogP contribution in [0, 0.1) is 0 Å². The Morgan fingerprint density at radius 2 is 2.00 bits per heavy atom. The predicted octanol–water partition coefficient (Wildman–Crippen LogP) is 4.77. The van der Waals surface area contributed by atoms with Gasteiger partial charge < -0.3 is 9.73 Å². The Bertz CT molecular complexity index is 527. The number of furan rings is 1. The van der Waals surface area contributed by atoms with Crippen LogP contribution in [0.1, 0.15) is 17.4 Å². The lowest BCUT2D eigenvalue weighted by Gasteiger charge is -2.16. The highest BCUT2D eigenvalue weighted by Gasteiger charge is 2.18. The standard InChI is InChI=1S/C12H10Br2ClNO/c1-16-12(10-4-5-11(15)17-10)8-6-7(13)2-3-9(8)14/h2-6,12,16H,1H3. The molecular formula is C12H10Br2ClNO. The highest BCUT2D eigenvalue weighted by Crippen LogP contribution is 2.32. The van der Waals surface area contributed by atoms with Crippen LogP contribution in [0.25, 0.3) is 0 Å². The monoisotopic (exact) mass is 377 g/mol. The molecule has 1 heterocycles. The van der Waals surface area contributed by atoms with E-state index >= 15 is 0 Å². The minimum Gasteiger partial charge on any atom is -0.448 e. The predicted molar refractivity (Wildman–Crippen MR) is 76.5 cm³/mol. The fraction of sp³-hybridized carbons (Fsp3) is 0.167. The summed E-state index contributed by atoms with van der Waals surface area (Å²) in [4.78, 5) is 0. The van der Waals surface area contributed by atoms with E-state index in [9.17, 15) is 0 Å². The lowest BCUT2D eigenvalue weighted by Crippen LogP contribution is -2.17. The second-order valence-corrected chi connectivity index (χ2v) is 5.67. The number of benzene rings is 1. The summed E-state index contributed by atoms with van der Waals surface area (Å²) in [6, 6.07) is 9.60. The van der Waals surface area contributed by atoms with Gasteiger partial charge in [-0.3, -0.25) is 0 Å². The average molecular weight is 379 g/mol. The van der Waals surface area contributed by atoms with Crippen molar-refractivity contribution in [3.63, 3.8) is 0 Å². The molecule has 0 aliphatic rings. The van der Waals surface area contributed by atoms with E-state index in [1.807, 2.05) is 31.3 Å². The zero-order valence-electron chi connectivity index (χ0n) is 9.01. The average Bonchev–Trinajstić information content (AvgIpc) is 2.71. The zero-order valence-corrected chi connectivity index (χ0v) is 12.9. The van der Waals surface area contributed by atoms with Gasteiger partial charge in [-0.1, -0.05) is 31.9 Å². The quantitative estimate of drug-likeness (QED) is 0.831. The number of nitrogens with one attached hydrogen (secondary N) is 1. The first-order chi connectivity index (χ1) is 8.11. The summed E-state index contributed by atoms with van der Waals surface area (Å²) in [6.45, 7) is 0. The van der Waals surface area contributed by atoms with Gasteiger partial charge in [0, 0.05) is 8.95 Å². The van der Waals surface area contributed by atoms with Crippen molar-refractivity contribution in [2.75, 3.05) is 7.05 Å². The van der Waals surface area contributed by atoms with E-state index in [-0.39, 0.29) is 6.04 Å². The van der Waals surface area contributed by atoms with E-state index in [0.717, 1.165) is 20.3 Å². The van der Waals surface area contributed by atoms with Crippen LogP contribution >= 0.6 is 43.5 Å². The summed E-state index contributed by atoms with van der Waals surface area (Å²) < 4.78 is 7.50. The van der Waals surface area contributed by atoms with E-state index in [2.05, 4.69) is 37.2 Å². The first-order valence-electron chi connectivity index (χ1n) is 4.99. The van der Waals surface area contributed by atoms with Crippen LogP contribution in [-0.4, -0.2) is 7.05 Å². The van der Waals surface area contributed by atoms with Crippen molar-refractivity contribution in [2.24, 2.45) is 0 Å². The molecule has 0 fully saturated rings. The molecule has 5 heteroatoms. The molecule has 0 saturated carbocycles. The molecule has 0 amide bonds. The molecule has 2 aromatic rings. The molecule has 0 aliphatic carbocycles. The smallest absolute Gasteiger partial charge is 0.193 e. The Morgan fingerprint density at radius 3 is 2.59 bits per heavy atom.